The zero-order valence-electron chi connectivity index (χ0n) is 16.1. The minimum atomic E-state index is -0.458. The molecule has 2 heterocycles. The van der Waals surface area contributed by atoms with Crippen LogP contribution in [0.15, 0.2) is 18.2 Å². The lowest BCUT2D eigenvalue weighted by Gasteiger charge is -2.37. The molecule has 2 aliphatic heterocycles. The average Bonchev–Trinajstić information content (AvgIpc) is 2.65. The molecule has 7 heteroatoms. The third-order valence-electron chi connectivity index (χ3n) is 5.47. The van der Waals surface area contributed by atoms with Gasteiger partial charge < -0.3 is 20.1 Å². The van der Waals surface area contributed by atoms with Crippen LogP contribution in [-0.2, 0) is 16.1 Å². The van der Waals surface area contributed by atoms with Crippen LogP contribution in [0, 0.1) is 6.92 Å². The van der Waals surface area contributed by atoms with E-state index in [-0.39, 0.29) is 24.3 Å². The van der Waals surface area contributed by atoms with Crippen molar-refractivity contribution < 1.29 is 19.4 Å². The lowest BCUT2D eigenvalue weighted by Crippen LogP contribution is -2.56. The maximum Gasteiger partial charge on any atom is 0.237 e. The van der Waals surface area contributed by atoms with Crippen LogP contribution >= 0.6 is 0 Å². The van der Waals surface area contributed by atoms with E-state index in [0.29, 0.717) is 45.6 Å². The van der Waals surface area contributed by atoms with Crippen molar-refractivity contribution in [2.45, 2.75) is 44.9 Å². The summed E-state index contributed by atoms with van der Waals surface area (Å²) in [7, 11) is 1.65. The van der Waals surface area contributed by atoms with Gasteiger partial charge in [0.25, 0.3) is 0 Å². The van der Waals surface area contributed by atoms with E-state index < -0.39 is 6.04 Å². The molecule has 2 saturated heterocycles. The molecule has 0 spiro atoms. The predicted octanol–water partition coefficient (Wildman–Crippen LogP) is 0.677. The summed E-state index contributed by atoms with van der Waals surface area (Å²) in [4.78, 5) is 29.0. The van der Waals surface area contributed by atoms with E-state index in [1.807, 2.05) is 19.1 Å². The van der Waals surface area contributed by atoms with Crippen LogP contribution in [0.5, 0.6) is 5.75 Å². The van der Waals surface area contributed by atoms with Crippen molar-refractivity contribution in [3.8, 4) is 5.75 Å². The van der Waals surface area contributed by atoms with Crippen LogP contribution in [0.4, 0.5) is 0 Å². The molecule has 3 rings (SSSR count). The number of likely N-dealkylation sites (tertiary alicyclic amines) is 1. The van der Waals surface area contributed by atoms with E-state index in [4.69, 9.17) is 4.74 Å². The van der Waals surface area contributed by atoms with Gasteiger partial charge in [-0.2, -0.15) is 0 Å². The van der Waals surface area contributed by atoms with Crippen LogP contribution in [-0.4, -0.2) is 72.2 Å². The molecule has 1 aromatic rings. The Morgan fingerprint density at radius 3 is 2.70 bits per heavy atom. The van der Waals surface area contributed by atoms with Gasteiger partial charge in [-0.3, -0.25) is 14.5 Å². The monoisotopic (exact) mass is 375 g/mol. The van der Waals surface area contributed by atoms with Gasteiger partial charge in [0, 0.05) is 32.7 Å². The SMILES string of the molecule is COc1ccc(CN2CCNC(=O)[C@H]2CC(=O)N2CCC(O)CC2)cc1C. The molecule has 0 unspecified atom stereocenters. The van der Waals surface area contributed by atoms with E-state index in [2.05, 4.69) is 16.3 Å². The summed E-state index contributed by atoms with van der Waals surface area (Å²) < 4.78 is 5.31. The summed E-state index contributed by atoms with van der Waals surface area (Å²) in [6.45, 7) is 5.05. The lowest BCUT2D eigenvalue weighted by atomic mass is 10.0. The van der Waals surface area contributed by atoms with Crippen molar-refractivity contribution in [1.82, 2.24) is 15.1 Å². The maximum absolute atomic E-state index is 12.7. The second kappa shape index (κ2) is 8.71. The fourth-order valence-corrected chi connectivity index (χ4v) is 3.86. The predicted molar refractivity (Wildman–Crippen MR) is 101 cm³/mol. The van der Waals surface area contributed by atoms with Gasteiger partial charge in [-0.15, -0.1) is 0 Å². The number of aliphatic hydroxyl groups excluding tert-OH is 1. The zero-order valence-corrected chi connectivity index (χ0v) is 16.1. The topological polar surface area (TPSA) is 82.1 Å². The number of amides is 2. The van der Waals surface area contributed by atoms with Crippen LogP contribution in [0.2, 0.25) is 0 Å². The molecule has 0 saturated carbocycles. The minimum absolute atomic E-state index is 0.0140. The summed E-state index contributed by atoms with van der Waals surface area (Å²) >= 11 is 0. The van der Waals surface area contributed by atoms with E-state index in [0.717, 1.165) is 16.9 Å². The summed E-state index contributed by atoms with van der Waals surface area (Å²) in [5.74, 6) is 0.742. The molecular formula is C20H29N3O4. The van der Waals surface area contributed by atoms with Crippen molar-refractivity contribution >= 4 is 11.8 Å². The Bertz CT molecular complexity index is 686. The van der Waals surface area contributed by atoms with Crippen molar-refractivity contribution in [3.63, 3.8) is 0 Å². The van der Waals surface area contributed by atoms with E-state index in [1.54, 1.807) is 12.0 Å². The second-order valence-electron chi connectivity index (χ2n) is 7.40. The third kappa shape index (κ3) is 4.78. The van der Waals surface area contributed by atoms with Gasteiger partial charge in [0.2, 0.25) is 11.8 Å². The Morgan fingerprint density at radius 2 is 2.04 bits per heavy atom. The number of hydrogen-bond acceptors (Lipinski definition) is 5. The average molecular weight is 375 g/mol. The molecule has 1 atom stereocenters. The summed E-state index contributed by atoms with van der Waals surface area (Å²) in [5, 5.41) is 12.5. The first-order valence-electron chi connectivity index (χ1n) is 9.59. The smallest absolute Gasteiger partial charge is 0.237 e. The highest BCUT2D eigenvalue weighted by Crippen LogP contribution is 2.22. The van der Waals surface area contributed by atoms with Gasteiger partial charge in [-0.1, -0.05) is 12.1 Å². The molecule has 7 nitrogen and oxygen atoms in total. The number of aryl methyl sites for hydroxylation is 1. The van der Waals surface area contributed by atoms with Crippen LogP contribution in [0.3, 0.4) is 0 Å². The second-order valence-corrected chi connectivity index (χ2v) is 7.40. The number of rotatable bonds is 5. The number of benzene rings is 1. The number of piperazine rings is 1. The third-order valence-corrected chi connectivity index (χ3v) is 5.47. The van der Waals surface area contributed by atoms with Crippen LogP contribution < -0.4 is 10.1 Å². The van der Waals surface area contributed by atoms with Gasteiger partial charge in [-0.05, 0) is 37.0 Å². The van der Waals surface area contributed by atoms with Crippen LogP contribution in [0.1, 0.15) is 30.4 Å². The number of aliphatic hydroxyl groups is 1. The Morgan fingerprint density at radius 1 is 1.30 bits per heavy atom. The summed E-state index contributed by atoms with van der Waals surface area (Å²) in [6.07, 6.45) is 1.08. The largest absolute Gasteiger partial charge is 0.496 e. The molecule has 27 heavy (non-hydrogen) atoms. The molecule has 2 fully saturated rings. The standard InChI is InChI=1S/C20H29N3O4/c1-14-11-15(3-4-18(14)27-2)13-23-10-7-21-20(26)17(23)12-19(25)22-8-5-16(24)6-9-22/h3-4,11,16-17,24H,5-10,12-13H2,1-2H3,(H,21,26)/t17-/m1/s1. The number of carbonyl (C=O) groups is 2. The normalized spacial score (nSPS) is 21.8. The molecule has 0 bridgehead atoms. The molecule has 2 aliphatic rings. The van der Waals surface area contributed by atoms with E-state index >= 15 is 0 Å². The van der Waals surface area contributed by atoms with Crippen molar-refractivity contribution in [3.05, 3.63) is 29.3 Å². The molecule has 1 aromatic carbocycles. The number of nitrogens with zero attached hydrogens (tertiary/aromatic N) is 2. The molecule has 0 aromatic heterocycles. The Balaban J connectivity index is 1.67. The van der Waals surface area contributed by atoms with Crippen molar-refractivity contribution in [2.24, 2.45) is 0 Å². The first-order chi connectivity index (χ1) is 13.0. The maximum atomic E-state index is 12.7. The van der Waals surface area contributed by atoms with E-state index in [9.17, 15) is 14.7 Å². The fraction of sp³-hybridized carbons (Fsp3) is 0.600. The highest BCUT2D eigenvalue weighted by molar-refractivity contribution is 5.88. The highest BCUT2D eigenvalue weighted by Gasteiger charge is 2.33. The molecule has 148 valence electrons. The Hall–Kier alpha value is -2.12. The lowest BCUT2D eigenvalue weighted by molar-refractivity contribution is -0.140. The van der Waals surface area contributed by atoms with Gasteiger partial charge in [0.1, 0.15) is 5.75 Å². The van der Waals surface area contributed by atoms with E-state index in [1.165, 1.54) is 0 Å². The molecule has 0 aliphatic carbocycles. The fourth-order valence-electron chi connectivity index (χ4n) is 3.86. The number of carbonyl (C=O) groups excluding carboxylic acids is 2. The van der Waals surface area contributed by atoms with Gasteiger partial charge in [0.05, 0.1) is 25.7 Å². The number of piperidine rings is 1. The summed E-state index contributed by atoms with van der Waals surface area (Å²) in [6, 6.07) is 5.55. The molecule has 2 N–H and O–H groups in total. The Kier molecular flexibility index (Phi) is 6.34. The number of nitrogens with one attached hydrogen (secondary N) is 1. The molecule has 0 radical (unpaired) electrons. The highest BCUT2D eigenvalue weighted by atomic mass is 16.5. The van der Waals surface area contributed by atoms with Crippen molar-refractivity contribution in [1.29, 1.82) is 0 Å². The van der Waals surface area contributed by atoms with Crippen molar-refractivity contribution in [2.75, 3.05) is 33.3 Å². The molecule has 2 amide bonds. The van der Waals surface area contributed by atoms with Gasteiger partial charge in [0.15, 0.2) is 0 Å². The summed E-state index contributed by atoms with van der Waals surface area (Å²) in [5.41, 5.74) is 2.15. The number of ether oxygens (including phenoxy) is 1. The van der Waals surface area contributed by atoms with Gasteiger partial charge in [-0.25, -0.2) is 0 Å². The number of methoxy groups -OCH3 is 1. The minimum Gasteiger partial charge on any atom is -0.496 e. The molecular weight excluding hydrogens is 346 g/mol. The number of hydrogen-bond donors (Lipinski definition) is 2. The quantitative estimate of drug-likeness (QED) is 0.791. The first kappa shape index (κ1) is 19.6. The first-order valence-corrected chi connectivity index (χ1v) is 9.59. The van der Waals surface area contributed by atoms with Gasteiger partial charge >= 0.3 is 0 Å². The van der Waals surface area contributed by atoms with Crippen LogP contribution in [0.25, 0.3) is 0 Å². The Labute approximate surface area is 160 Å². The zero-order chi connectivity index (χ0) is 19.4.